The standard InChI is InChI=1S/C10H7ClN2O4/c1-6-7(3-2-4-9(14)15)5-8(13(16)17)10(11)12-6/h5H,4H2,1H3,(H,14,15). The highest BCUT2D eigenvalue weighted by Gasteiger charge is 2.15. The summed E-state index contributed by atoms with van der Waals surface area (Å²) in [6.07, 6.45) is -0.337. The van der Waals surface area contributed by atoms with Crippen LogP contribution in [0.4, 0.5) is 5.69 Å². The van der Waals surface area contributed by atoms with Crippen molar-refractivity contribution < 1.29 is 14.8 Å². The van der Waals surface area contributed by atoms with Gasteiger partial charge >= 0.3 is 11.7 Å². The number of aromatic nitrogens is 1. The van der Waals surface area contributed by atoms with Gasteiger partial charge in [0.2, 0.25) is 5.15 Å². The lowest BCUT2D eigenvalue weighted by Gasteiger charge is -1.99. The van der Waals surface area contributed by atoms with Gasteiger partial charge in [0.1, 0.15) is 6.42 Å². The Bertz CT molecular complexity index is 545. The highest BCUT2D eigenvalue weighted by atomic mass is 35.5. The number of aryl methyl sites for hydroxylation is 1. The van der Waals surface area contributed by atoms with Crippen molar-refractivity contribution in [1.82, 2.24) is 4.98 Å². The SMILES string of the molecule is Cc1nc(Cl)c([N+](=O)[O-])cc1C#CCC(=O)O. The zero-order chi connectivity index (χ0) is 13.0. The van der Waals surface area contributed by atoms with E-state index in [4.69, 9.17) is 16.7 Å². The highest BCUT2D eigenvalue weighted by molar-refractivity contribution is 6.31. The van der Waals surface area contributed by atoms with Crippen molar-refractivity contribution >= 4 is 23.3 Å². The molecule has 6 nitrogen and oxygen atoms in total. The van der Waals surface area contributed by atoms with Crippen LogP contribution in [0.1, 0.15) is 17.7 Å². The van der Waals surface area contributed by atoms with Crippen molar-refractivity contribution in [3.8, 4) is 11.8 Å². The first-order valence-corrected chi connectivity index (χ1v) is 4.82. The first-order valence-electron chi connectivity index (χ1n) is 4.44. The number of nitro groups is 1. The molecule has 0 saturated heterocycles. The van der Waals surface area contributed by atoms with Gasteiger partial charge in [-0.05, 0) is 6.92 Å². The first-order chi connectivity index (χ1) is 7.91. The van der Waals surface area contributed by atoms with Crippen molar-refractivity contribution in [2.45, 2.75) is 13.3 Å². The van der Waals surface area contributed by atoms with Crippen LogP contribution in [0.15, 0.2) is 6.07 Å². The Kier molecular flexibility index (Phi) is 4.01. The van der Waals surface area contributed by atoms with Gasteiger partial charge in [0.05, 0.1) is 16.2 Å². The molecule has 0 amide bonds. The molecule has 88 valence electrons. The minimum atomic E-state index is -1.06. The third-order valence-corrected chi connectivity index (χ3v) is 2.09. The lowest BCUT2D eigenvalue weighted by molar-refractivity contribution is -0.385. The molecule has 17 heavy (non-hydrogen) atoms. The molecule has 0 bridgehead atoms. The fourth-order valence-corrected chi connectivity index (χ4v) is 1.29. The summed E-state index contributed by atoms with van der Waals surface area (Å²) in [5, 5.41) is 18.8. The monoisotopic (exact) mass is 254 g/mol. The molecule has 0 atom stereocenters. The molecule has 0 saturated carbocycles. The van der Waals surface area contributed by atoms with E-state index >= 15 is 0 Å². The summed E-state index contributed by atoms with van der Waals surface area (Å²) in [4.78, 5) is 24.0. The number of carbonyl (C=O) groups is 1. The Labute approximate surface area is 101 Å². The molecule has 0 unspecified atom stereocenters. The molecule has 0 fully saturated rings. The number of nitrogens with zero attached hydrogens (tertiary/aromatic N) is 2. The Balaban J connectivity index is 3.15. The fourth-order valence-electron chi connectivity index (χ4n) is 1.04. The van der Waals surface area contributed by atoms with Gasteiger partial charge in [-0.25, -0.2) is 4.98 Å². The maximum absolute atomic E-state index is 10.6. The van der Waals surface area contributed by atoms with Crippen molar-refractivity contribution in [1.29, 1.82) is 0 Å². The Morgan fingerprint density at radius 1 is 1.71 bits per heavy atom. The average molecular weight is 255 g/mol. The van der Waals surface area contributed by atoms with Crippen LogP contribution in [0.5, 0.6) is 0 Å². The average Bonchev–Trinajstić information content (AvgIpc) is 2.20. The van der Waals surface area contributed by atoms with Crippen LogP contribution < -0.4 is 0 Å². The van der Waals surface area contributed by atoms with E-state index in [0.717, 1.165) is 0 Å². The van der Waals surface area contributed by atoms with Crippen LogP contribution >= 0.6 is 11.6 Å². The van der Waals surface area contributed by atoms with Crippen LogP contribution in [0.3, 0.4) is 0 Å². The van der Waals surface area contributed by atoms with Crippen molar-refractivity contribution in [2.75, 3.05) is 0 Å². The number of hydrogen-bond acceptors (Lipinski definition) is 4. The quantitative estimate of drug-likeness (QED) is 0.376. The van der Waals surface area contributed by atoms with E-state index in [2.05, 4.69) is 16.8 Å². The molecule has 1 aromatic rings. The normalized spacial score (nSPS) is 9.29. The first kappa shape index (κ1) is 12.9. The van der Waals surface area contributed by atoms with E-state index in [-0.39, 0.29) is 17.3 Å². The van der Waals surface area contributed by atoms with Gasteiger partial charge in [-0.15, -0.1) is 0 Å². The Hall–Kier alpha value is -2.13. The summed E-state index contributed by atoms with van der Waals surface area (Å²) in [5.74, 6) is 3.82. The molecular formula is C10H7ClN2O4. The minimum Gasteiger partial charge on any atom is -0.481 e. The smallest absolute Gasteiger partial charge is 0.315 e. The number of rotatable bonds is 2. The molecule has 0 radical (unpaired) electrons. The summed E-state index contributed by atoms with van der Waals surface area (Å²) in [7, 11) is 0. The predicted molar refractivity (Wildman–Crippen MR) is 59.8 cm³/mol. The van der Waals surface area contributed by atoms with Crippen molar-refractivity contribution in [3.05, 3.63) is 32.6 Å². The van der Waals surface area contributed by atoms with Gasteiger partial charge in [-0.3, -0.25) is 14.9 Å². The largest absolute Gasteiger partial charge is 0.481 e. The number of carboxylic acids is 1. The van der Waals surface area contributed by atoms with Gasteiger partial charge in [0.15, 0.2) is 0 Å². The van der Waals surface area contributed by atoms with E-state index in [1.165, 1.54) is 6.07 Å². The summed E-state index contributed by atoms with van der Waals surface area (Å²) in [5.41, 5.74) is 0.359. The maximum atomic E-state index is 10.6. The molecule has 1 N–H and O–H groups in total. The van der Waals surface area contributed by atoms with E-state index in [1.54, 1.807) is 6.92 Å². The highest BCUT2D eigenvalue weighted by Crippen LogP contribution is 2.24. The zero-order valence-electron chi connectivity index (χ0n) is 8.73. The molecule has 0 aromatic carbocycles. The van der Waals surface area contributed by atoms with E-state index in [9.17, 15) is 14.9 Å². The minimum absolute atomic E-state index is 0.212. The summed E-state index contributed by atoms with van der Waals surface area (Å²) in [6, 6.07) is 1.18. The molecule has 0 aliphatic carbocycles. The van der Waals surface area contributed by atoms with Crippen LogP contribution in [-0.4, -0.2) is 21.0 Å². The van der Waals surface area contributed by atoms with Gasteiger partial charge in [0.25, 0.3) is 0 Å². The molecule has 1 rings (SSSR count). The summed E-state index contributed by atoms with van der Waals surface area (Å²) in [6.45, 7) is 1.58. The third kappa shape index (κ3) is 3.43. The molecule has 0 aliphatic rings. The van der Waals surface area contributed by atoms with Crippen molar-refractivity contribution in [2.24, 2.45) is 0 Å². The molecule has 1 heterocycles. The molecular weight excluding hydrogens is 248 g/mol. The lowest BCUT2D eigenvalue weighted by atomic mass is 10.2. The number of hydrogen-bond donors (Lipinski definition) is 1. The van der Waals surface area contributed by atoms with E-state index in [0.29, 0.717) is 11.3 Å². The summed E-state index contributed by atoms with van der Waals surface area (Å²) < 4.78 is 0. The number of aliphatic carboxylic acids is 1. The molecule has 1 aromatic heterocycles. The van der Waals surface area contributed by atoms with E-state index < -0.39 is 10.9 Å². The second kappa shape index (κ2) is 5.27. The van der Waals surface area contributed by atoms with Gasteiger partial charge in [-0.2, -0.15) is 0 Å². The van der Waals surface area contributed by atoms with Crippen LogP contribution in [0.25, 0.3) is 0 Å². The molecule has 0 aliphatic heterocycles. The second-order valence-electron chi connectivity index (χ2n) is 3.06. The van der Waals surface area contributed by atoms with Crippen LogP contribution in [0.2, 0.25) is 5.15 Å². The van der Waals surface area contributed by atoms with Crippen LogP contribution in [-0.2, 0) is 4.79 Å². The summed E-state index contributed by atoms with van der Waals surface area (Å²) >= 11 is 5.59. The lowest BCUT2D eigenvalue weighted by Crippen LogP contribution is -1.96. The topological polar surface area (TPSA) is 93.3 Å². The van der Waals surface area contributed by atoms with Gasteiger partial charge in [-0.1, -0.05) is 23.4 Å². The molecule has 7 heteroatoms. The maximum Gasteiger partial charge on any atom is 0.315 e. The van der Waals surface area contributed by atoms with Crippen LogP contribution in [0, 0.1) is 28.9 Å². The molecule has 0 spiro atoms. The van der Waals surface area contributed by atoms with E-state index in [1.807, 2.05) is 0 Å². The third-order valence-electron chi connectivity index (χ3n) is 1.81. The zero-order valence-corrected chi connectivity index (χ0v) is 9.48. The Morgan fingerprint density at radius 3 is 2.88 bits per heavy atom. The Morgan fingerprint density at radius 2 is 2.35 bits per heavy atom. The fraction of sp³-hybridized carbons (Fsp3) is 0.200. The predicted octanol–water partition coefficient (Wildman–Crippen LogP) is 1.78. The van der Waals surface area contributed by atoms with Gasteiger partial charge < -0.3 is 5.11 Å². The van der Waals surface area contributed by atoms with Gasteiger partial charge in [0, 0.05) is 6.07 Å². The number of pyridine rings is 1. The van der Waals surface area contributed by atoms with Crippen molar-refractivity contribution in [3.63, 3.8) is 0 Å². The number of carboxylic acid groups (broad SMARTS) is 1. The second-order valence-corrected chi connectivity index (χ2v) is 3.42. The number of halogens is 1.